The molecule has 1 aliphatic carbocycles. The lowest BCUT2D eigenvalue weighted by Crippen LogP contribution is -2.28. The van der Waals surface area contributed by atoms with E-state index in [-0.39, 0.29) is 0 Å². The maximum atomic E-state index is 7.22. The van der Waals surface area contributed by atoms with Gasteiger partial charge in [0.2, 0.25) is 0 Å². The van der Waals surface area contributed by atoms with Gasteiger partial charge in [0.25, 0.3) is 0 Å². The molecule has 0 atom stereocenters. The molecule has 0 fully saturated rings. The number of nitrogens with zero attached hydrogens (tertiary/aromatic N) is 2. The van der Waals surface area contributed by atoms with Crippen LogP contribution in [0.4, 0.5) is 34.1 Å². The van der Waals surface area contributed by atoms with Gasteiger partial charge in [-0.3, -0.25) is 0 Å². The van der Waals surface area contributed by atoms with Gasteiger partial charge >= 0.3 is 0 Å². The zero-order chi connectivity index (χ0) is 49.5. The molecule has 15 rings (SSSR count). The van der Waals surface area contributed by atoms with Crippen LogP contribution >= 0.6 is 0 Å². The first-order chi connectivity index (χ1) is 37.2. The topological polar surface area (TPSA) is 28.9 Å². The second-order valence-electron chi connectivity index (χ2n) is 19.5. The lowest BCUT2D eigenvalue weighted by Gasteiger charge is -2.35. The molecule has 0 N–H and O–H groups in total. The molecule has 2 heterocycles. The lowest BCUT2D eigenvalue weighted by atomic mass is 9.67. The van der Waals surface area contributed by atoms with Crippen LogP contribution in [-0.2, 0) is 5.41 Å². The van der Waals surface area contributed by atoms with Crippen LogP contribution in [0.3, 0.4) is 0 Å². The number of anilines is 6. The summed E-state index contributed by atoms with van der Waals surface area (Å²) in [4.78, 5) is 4.73. The molecule has 0 spiro atoms. The fourth-order valence-corrected chi connectivity index (χ4v) is 12.3. The third kappa shape index (κ3) is 6.56. The molecular formula is C71H46N2O2. The Morgan fingerprint density at radius 3 is 1.59 bits per heavy atom. The van der Waals surface area contributed by atoms with Gasteiger partial charge in [-0.25, -0.2) is 0 Å². The van der Waals surface area contributed by atoms with Gasteiger partial charge in [-0.05, 0) is 117 Å². The fourth-order valence-electron chi connectivity index (χ4n) is 12.3. The summed E-state index contributed by atoms with van der Waals surface area (Å²) in [6.45, 7) is 0. The van der Waals surface area contributed by atoms with Crippen molar-refractivity contribution >= 4 is 66.8 Å². The molecule has 12 aromatic carbocycles. The first kappa shape index (κ1) is 42.8. The molecule has 1 aromatic heterocycles. The third-order valence-electron chi connectivity index (χ3n) is 15.5. The smallest absolute Gasteiger partial charge is 0.159 e. The van der Waals surface area contributed by atoms with Crippen molar-refractivity contribution in [2.24, 2.45) is 0 Å². The van der Waals surface area contributed by atoms with E-state index in [9.17, 15) is 0 Å². The Morgan fingerprint density at radius 1 is 0.320 bits per heavy atom. The number of benzene rings is 12. The first-order valence-electron chi connectivity index (χ1n) is 25.7. The average Bonchev–Trinajstić information content (AvgIpc) is 4.02. The van der Waals surface area contributed by atoms with Crippen molar-refractivity contribution in [3.8, 4) is 44.9 Å². The minimum Gasteiger partial charge on any atom is -0.455 e. The van der Waals surface area contributed by atoms with Crippen molar-refractivity contribution in [1.82, 2.24) is 0 Å². The number of hydrogen-bond acceptors (Lipinski definition) is 4. The summed E-state index contributed by atoms with van der Waals surface area (Å²) in [7, 11) is 0. The summed E-state index contributed by atoms with van der Waals surface area (Å²) in [5.41, 5.74) is 19.2. The Labute approximate surface area is 435 Å². The van der Waals surface area contributed by atoms with Crippen LogP contribution in [0, 0.1) is 0 Å². The standard InChI is InChI=1S/C71H46N2O2/c1-5-20-48(21-6-1)71(49-22-7-2-8-23-49)62-35-15-13-28-55(62)56-43-42-53(46-63(56)71)73(52-40-38-47(39-41-52)54-30-17-32-59-57-29-14-16-37-66(57)74-69(54)59)64-44-45-67-68-58(31-18-34-61(64)68)60-33-19-36-65(70(60)75-67)72(50-24-9-3-10-25-50)51-26-11-4-12-27-51/h1-46H. The molecule has 0 bridgehead atoms. The number of furan rings is 1. The quantitative estimate of drug-likeness (QED) is 0.144. The first-order valence-corrected chi connectivity index (χ1v) is 25.7. The second-order valence-corrected chi connectivity index (χ2v) is 19.5. The van der Waals surface area contributed by atoms with E-state index in [1.165, 1.54) is 33.4 Å². The molecule has 13 aromatic rings. The van der Waals surface area contributed by atoms with Crippen LogP contribution in [0.25, 0.3) is 66.1 Å². The largest absolute Gasteiger partial charge is 0.455 e. The van der Waals surface area contributed by atoms with Gasteiger partial charge in [-0.15, -0.1) is 0 Å². The minimum atomic E-state index is -0.576. The van der Waals surface area contributed by atoms with Crippen LogP contribution in [-0.4, -0.2) is 0 Å². The van der Waals surface area contributed by atoms with Gasteiger partial charge in [0.1, 0.15) is 16.9 Å². The zero-order valence-electron chi connectivity index (χ0n) is 40.8. The normalized spacial score (nSPS) is 12.7. The number of fused-ring (bicyclic) bond motifs is 8. The predicted molar refractivity (Wildman–Crippen MR) is 309 cm³/mol. The summed E-state index contributed by atoms with van der Waals surface area (Å²) in [5, 5.41) is 4.38. The SMILES string of the molecule is c1ccc(N(c2ccccc2)c2cccc3c2Oc2ccc(N(c4ccc(-c5cccc6c5oc5ccccc56)cc4)c4ccc5c(c4)C(c4ccccc4)(c4ccccc4)c4ccccc4-5)c4cccc-3c24)cc1. The van der Waals surface area contributed by atoms with E-state index in [0.29, 0.717) is 0 Å². The van der Waals surface area contributed by atoms with Crippen LogP contribution in [0.1, 0.15) is 22.3 Å². The van der Waals surface area contributed by atoms with Crippen LogP contribution in [0.5, 0.6) is 11.5 Å². The van der Waals surface area contributed by atoms with E-state index in [4.69, 9.17) is 9.15 Å². The summed E-state index contributed by atoms with van der Waals surface area (Å²) in [5.74, 6) is 1.64. The monoisotopic (exact) mass is 958 g/mol. The van der Waals surface area contributed by atoms with Crippen LogP contribution in [0.2, 0.25) is 0 Å². The molecular weight excluding hydrogens is 913 g/mol. The molecule has 75 heavy (non-hydrogen) atoms. The van der Waals surface area contributed by atoms with E-state index in [1.54, 1.807) is 0 Å². The minimum absolute atomic E-state index is 0.576. The maximum absolute atomic E-state index is 7.22. The number of hydrogen-bond donors (Lipinski definition) is 0. The molecule has 1 aliphatic heterocycles. The van der Waals surface area contributed by atoms with E-state index in [1.807, 2.05) is 12.1 Å². The van der Waals surface area contributed by atoms with Crippen molar-refractivity contribution in [2.75, 3.05) is 9.80 Å². The van der Waals surface area contributed by atoms with Gasteiger partial charge in [-0.2, -0.15) is 0 Å². The van der Waals surface area contributed by atoms with Crippen molar-refractivity contribution in [1.29, 1.82) is 0 Å². The Balaban J connectivity index is 0.945. The van der Waals surface area contributed by atoms with E-state index in [0.717, 1.165) is 101 Å². The van der Waals surface area contributed by atoms with E-state index in [2.05, 4.69) is 277 Å². The van der Waals surface area contributed by atoms with Gasteiger partial charge < -0.3 is 19.0 Å². The van der Waals surface area contributed by atoms with Gasteiger partial charge in [0.05, 0.1) is 16.8 Å². The Kier molecular flexibility index (Phi) is 9.76. The summed E-state index contributed by atoms with van der Waals surface area (Å²) in [6, 6.07) is 101. The molecule has 4 heteroatoms. The zero-order valence-corrected chi connectivity index (χ0v) is 40.8. The highest BCUT2D eigenvalue weighted by atomic mass is 16.5. The third-order valence-corrected chi connectivity index (χ3v) is 15.5. The second kappa shape index (κ2) is 17.1. The summed E-state index contributed by atoms with van der Waals surface area (Å²) in [6.07, 6.45) is 0. The molecule has 0 unspecified atom stereocenters. The Bertz CT molecular complexity index is 4240. The average molecular weight is 959 g/mol. The van der Waals surface area contributed by atoms with Crippen molar-refractivity contribution in [3.05, 3.63) is 301 Å². The van der Waals surface area contributed by atoms with Gasteiger partial charge in [-0.1, -0.05) is 206 Å². The van der Waals surface area contributed by atoms with Gasteiger partial charge in [0, 0.05) is 55.4 Å². The highest BCUT2D eigenvalue weighted by molar-refractivity contribution is 6.12. The van der Waals surface area contributed by atoms with E-state index < -0.39 is 5.41 Å². The maximum Gasteiger partial charge on any atom is 0.159 e. The summed E-state index contributed by atoms with van der Waals surface area (Å²) < 4.78 is 13.8. The van der Waals surface area contributed by atoms with Crippen molar-refractivity contribution in [2.45, 2.75) is 5.41 Å². The predicted octanol–water partition coefficient (Wildman–Crippen LogP) is 19.5. The number of rotatable bonds is 9. The molecule has 2 aliphatic rings. The van der Waals surface area contributed by atoms with E-state index >= 15 is 0 Å². The molecule has 0 saturated carbocycles. The van der Waals surface area contributed by atoms with Crippen LogP contribution < -0.4 is 14.5 Å². The Hall–Kier alpha value is -9.90. The molecule has 0 saturated heterocycles. The summed E-state index contributed by atoms with van der Waals surface area (Å²) >= 11 is 0. The van der Waals surface area contributed by atoms with Crippen molar-refractivity contribution in [3.63, 3.8) is 0 Å². The highest BCUT2D eigenvalue weighted by Gasteiger charge is 2.46. The van der Waals surface area contributed by atoms with Crippen LogP contribution in [0.15, 0.2) is 283 Å². The Morgan fingerprint density at radius 2 is 0.853 bits per heavy atom. The lowest BCUT2D eigenvalue weighted by molar-refractivity contribution is 0.488. The number of ether oxygens (including phenoxy) is 1. The highest BCUT2D eigenvalue weighted by Crippen LogP contribution is 2.59. The fraction of sp³-hybridized carbons (Fsp3) is 0.0141. The van der Waals surface area contributed by atoms with Crippen molar-refractivity contribution < 1.29 is 9.15 Å². The number of para-hydroxylation sites is 5. The molecule has 0 amide bonds. The van der Waals surface area contributed by atoms with Gasteiger partial charge in [0.15, 0.2) is 5.75 Å². The molecule has 0 radical (unpaired) electrons. The molecule has 4 nitrogen and oxygen atoms in total. The molecule has 352 valence electrons.